The molecule has 0 atom stereocenters. The number of ether oxygens (including phenoxy) is 1. The second kappa shape index (κ2) is 4.57. The first-order valence-corrected chi connectivity index (χ1v) is 4.70. The summed E-state index contributed by atoms with van der Waals surface area (Å²) in [6.07, 6.45) is 7.40. The quantitative estimate of drug-likeness (QED) is 0.796. The lowest BCUT2D eigenvalue weighted by atomic mass is 10.2. The Morgan fingerprint density at radius 1 is 1.47 bits per heavy atom. The van der Waals surface area contributed by atoms with Crippen LogP contribution in [0.5, 0.6) is 5.75 Å². The van der Waals surface area contributed by atoms with Crippen molar-refractivity contribution in [2.75, 3.05) is 6.61 Å². The van der Waals surface area contributed by atoms with E-state index in [9.17, 15) is 0 Å². The zero-order valence-corrected chi connectivity index (χ0v) is 9.22. The lowest BCUT2D eigenvalue weighted by Crippen LogP contribution is -2.29. The summed E-state index contributed by atoms with van der Waals surface area (Å²) in [4.78, 5) is 0. The lowest BCUT2D eigenvalue weighted by Gasteiger charge is -2.10. The van der Waals surface area contributed by atoms with Crippen LogP contribution in [0.3, 0.4) is 0 Å². The van der Waals surface area contributed by atoms with Crippen LogP contribution >= 0.6 is 12.4 Å². The van der Waals surface area contributed by atoms with Gasteiger partial charge in [0.05, 0.1) is 5.54 Å². The second-order valence-corrected chi connectivity index (χ2v) is 3.82. The molecule has 2 nitrogen and oxygen atoms in total. The molecule has 3 heteroatoms. The smallest absolute Gasteiger partial charge is 0.120 e. The molecule has 1 aromatic rings. The maximum Gasteiger partial charge on any atom is 0.120 e. The van der Waals surface area contributed by atoms with Gasteiger partial charge in [-0.15, -0.1) is 18.8 Å². The first-order valence-electron chi connectivity index (χ1n) is 4.70. The van der Waals surface area contributed by atoms with Gasteiger partial charge in [0.25, 0.3) is 0 Å². The van der Waals surface area contributed by atoms with Gasteiger partial charge in [0, 0.05) is 5.56 Å². The van der Waals surface area contributed by atoms with Crippen molar-refractivity contribution in [3.63, 3.8) is 0 Å². The molecule has 0 aromatic heterocycles. The van der Waals surface area contributed by atoms with Crippen molar-refractivity contribution in [1.82, 2.24) is 0 Å². The van der Waals surface area contributed by atoms with Gasteiger partial charge in [-0.05, 0) is 31.0 Å². The van der Waals surface area contributed by atoms with Crippen LogP contribution in [-0.4, -0.2) is 12.1 Å². The van der Waals surface area contributed by atoms with E-state index >= 15 is 0 Å². The van der Waals surface area contributed by atoms with E-state index in [1.807, 2.05) is 24.3 Å². The molecule has 2 rings (SSSR count). The van der Waals surface area contributed by atoms with E-state index in [0.29, 0.717) is 6.61 Å². The van der Waals surface area contributed by atoms with Crippen LogP contribution in [0.1, 0.15) is 18.4 Å². The van der Waals surface area contributed by atoms with Gasteiger partial charge in [-0.3, -0.25) is 0 Å². The zero-order chi connectivity index (χ0) is 10.0. The number of hydrogen-bond donors (Lipinski definition) is 1. The van der Waals surface area contributed by atoms with E-state index in [1.54, 1.807) is 0 Å². The molecule has 1 fully saturated rings. The number of rotatable bonds is 3. The molecule has 0 saturated heterocycles. The van der Waals surface area contributed by atoms with E-state index in [4.69, 9.17) is 16.9 Å². The number of hydrogen-bond acceptors (Lipinski definition) is 2. The van der Waals surface area contributed by atoms with Crippen LogP contribution in [0.4, 0.5) is 0 Å². The van der Waals surface area contributed by atoms with Crippen molar-refractivity contribution in [3.05, 3.63) is 29.8 Å². The topological polar surface area (TPSA) is 35.2 Å². The second-order valence-electron chi connectivity index (χ2n) is 3.82. The third-order valence-electron chi connectivity index (χ3n) is 2.42. The number of nitrogens with two attached hydrogens (primary N) is 1. The molecule has 80 valence electrons. The maximum absolute atomic E-state index is 5.90. The Hall–Kier alpha value is -1.17. The van der Waals surface area contributed by atoms with Gasteiger partial charge < -0.3 is 10.5 Å². The SMILES string of the molecule is C#Cc1cccc(OCC2(N)CC2)c1.Cl. The highest BCUT2D eigenvalue weighted by Crippen LogP contribution is 2.32. The van der Waals surface area contributed by atoms with Crippen molar-refractivity contribution in [3.8, 4) is 18.1 Å². The minimum absolute atomic E-state index is 0. The predicted octanol–water partition coefficient (Wildman–Crippen LogP) is 1.96. The van der Waals surface area contributed by atoms with Crippen LogP contribution < -0.4 is 10.5 Å². The minimum atomic E-state index is -0.0772. The van der Waals surface area contributed by atoms with Gasteiger partial charge in [0.1, 0.15) is 12.4 Å². The zero-order valence-electron chi connectivity index (χ0n) is 8.40. The maximum atomic E-state index is 5.90. The highest BCUT2D eigenvalue weighted by molar-refractivity contribution is 5.85. The average molecular weight is 224 g/mol. The molecule has 1 aliphatic rings. The molecular weight excluding hydrogens is 210 g/mol. The third kappa shape index (κ3) is 3.16. The van der Waals surface area contributed by atoms with E-state index in [2.05, 4.69) is 5.92 Å². The monoisotopic (exact) mass is 223 g/mol. The molecule has 0 spiro atoms. The van der Waals surface area contributed by atoms with Gasteiger partial charge >= 0.3 is 0 Å². The molecular formula is C12H14ClNO. The standard InChI is InChI=1S/C12H13NO.ClH/c1-2-10-4-3-5-11(8-10)14-9-12(13)6-7-12;/h1,3-5,8H,6-7,9,13H2;1H. The molecule has 0 radical (unpaired) electrons. The Bertz CT molecular complexity index is 379. The molecule has 0 aliphatic heterocycles. The summed E-state index contributed by atoms with van der Waals surface area (Å²) >= 11 is 0. The Morgan fingerprint density at radius 3 is 2.80 bits per heavy atom. The average Bonchev–Trinajstić information content (AvgIpc) is 2.95. The molecule has 0 bridgehead atoms. The van der Waals surface area contributed by atoms with Crippen LogP contribution in [0.15, 0.2) is 24.3 Å². The third-order valence-corrected chi connectivity index (χ3v) is 2.42. The molecule has 2 N–H and O–H groups in total. The van der Waals surface area contributed by atoms with Gasteiger partial charge in [0.15, 0.2) is 0 Å². The van der Waals surface area contributed by atoms with Crippen LogP contribution in [0.2, 0.25) is 0 Å². The number of halogens is 1. The largest absolute Gasteiger partial charge is 0.492 e. The molecule has 1 aromatic carbocycles. The summed E-state index contributed by atoms with van der Waals surface area (Å²) in [7, 11) is 0. The number of terminal acetylenes is 1. The van der Waals surface area contributed by atoms with E-state index < -0.39 is 0 Å². The fourth-order valence-electron chi connectivity index (χ4n) is 1.21. The van der Waals surface area contributed by atoms with Gasteiger partial charge in [0.2, 0.25) is 0 Å². The summed E-state index contributed by atoms with van der Waals surface area (Å²) in [5, 5.41) is 0. The van der Waals surface area contributed by atoms with Crippen LogP contribution in [-0.2, 0) is 0 Å². The first kappa shape index (κ1) is 11.9. The fourth-order valence-corrected chi connectivity index (χ4v) is 1.21. The Kier molecular flexibility index (Phi) is 3.62. The van der Waals surface area contributed by atoms with E-state index in [-0.39, 0.29) is 17.9 Å². The Labute approximate surface area is 96.2 Å². The highest BCUT2D eigenvalue weighted by atomic mass is 35.5. The minimum Gasteiger partial charge on any atom is -0.492 e. The van der Waals surface area contributed by atoms with Crippen molar-refractivity contribution in [2.24, 2.45) is 5.73 Å². The molecule has 15 heavy (non-hydrogen) atoms. The molecule has 0 amide bonds. The summed E-state index contributed by atoms with van der Waals surface area (Å²) in [5.41, 5.74) is 6.66. The highest BCUT2D eigenvalue weighted by Gasteiger charge is 2.39. The predicted molar refractivity (Wildman–Crippen MR) is 63.3 cm³/mol. The van der Waals surface area contributed by atoms with Crippen molar-refractivity contribution >= 4 is 12.4 Å². The molecule has 1 saturated carbocycles. The normalized spacial score (nSPS) is 16.0. The molecule has 0 heterocycles. The molecule has 1 aliphatic carbocycles. The van der Waals surface area contributed by atoms with Crippen LogP contribution in [0.25, 0.3) is 0 Å². The lowest BCUT2D eigenvalue weighted by molar-refractivity contribution is 0.279. The number of benzene rings is 1. The van der Waals surface area contributed by atoms with Crippen molar-refractivity contribution in [2.45, 2.75) is 18.4 Å². The Morgan fingerprint density at radius 2 is 2.20 bits per heavy atom. The van der Waals surface area contributed by atoms with Gasteiger partial charge in [-0.1, -0.05) is 12.0 Å². The first-order chi connectivity index (χ1) is 6.72. The summed E-state index contributed by atoms with van der Waals surface area (Å²) in [6.45, 7) is 0.584. The van der Waals surface area contributed by atoms with E-state index in [0.717, 1.165) is 24.2 Å². The Balaban J connectivity index is 0.00000112. The molecule has 0 unspecified atom stereocenters. The van der Waals surface area contributed by atoms with Crippen molar-refractivity contribution in [1.29, 1.82) is 0 Å². The summed E-state index contributed by atoms with van der Waals surface area (Å²) in [5.74, 6) is 3.37. The fraction of sp³-hybridized carbons (Fsp3) is 0.333. The summed E-state index contributed by atoms with van der Waals surface area (Å²) < 4.78 is 5.55. The summed E-state index contributed by atoms with van der Waals surface area (Å²) in [6, 6.07) is 7.52. The van der Waals surface area contributed by atoms with Crippen LogP contribution in [0, 0.1) is 12.3 Å². The van der Waals surface area contributed by atoms with E-state index in [1.165, 1.54) is 0 Å². The van der Waals surface area contributed by atoms with Gasteiger partial charge in [-0.2, -0.15) is 0 Å². The van der Waals surface area contributed by atoms with Crippen molar-refractivity contribution < 1.29 is 4.74 Å². The van der Waals surface area contributed by atoms with Gasteiger partial charge in [-0.25, -0.2) is 0 Å².